The van der Waals surface area contributed by atoms with Crippen molar-refractivity contribution in [2.45, 2.75) is 6.92 Å². The van der Waals surface area contributed by atoms with E-state index < -0.39 is 0 Å². The Balaban J connectivity index is 1.82. The Bertz CT molecular complexity index is 1070. The number of nitrogens with one attached hydrogen (secondary N) is 1. The molecule has 0 aromatic heterocycles. The maximum atomic E-state index is 12.6. The summed E-state index contributed by atoms with van der Waals surface area (Å²) in [4.78, 5) is 12.6. The van der Waals surface area contributed by atoms with Crippen molar-refractivity contribution in [3.8, 4) is 17.2 Å². The number of ether oxygens (including phenoxy) is 3. The predicted molar refractivity (Wildman–Crippen MR) is 115 cm³/mol. The zero-order valence-corrected chi connectivity index (χ0v) is 17.1. The number of halogens is 1. The molecule has 0 aliphatic rings. The van der Waals surface area contributed by atoms with E-state index in [1.54, 1.807) is 18.2 Å². The summed E-state index contributed by atoms with van der Waals surface area (Å²) in [7, 11) is 3.05. The fraction of sp³-hybridized carbons (Fsp3) is 0.182. The maximum Gasteiger partial charge on any atom is 0.275 e. The van der Waals surface area contributed by atoms with Crippen molar-refractivity contribution in [2.75, 3.05) is 20.8 Å². The van der Waals surface area contributed by atoms with Gasteiger partial charge in [0.25, 0.3) is 5.91 Å². The van der Waals surface area contributed by atoms with Gasteiger partial charge in [0.2, 0.25) is 0 Å². The molecule has 3 aromatic rings. The van der Waals surface area contributed by atoms with Crippen LogP contribution in [0.2, 0.25) is 5.02 Å². The summed E-state index contributed by atoms with van der Waals surface area (Å²) < 4.78 is 16.2. The zero-order valence-electron chi connectivity index (χ0n) is 16.4. The lowest BCUT2D eigenvalue weighted by Gasteiger charge is -2.11. The van der Waals surface area contributed by atoms with Gasteiger partial charge in [-0.2, -0.15) is 5.10 Å². The SMILES string of the molecule is CCOc1cc(/C=N\NC(=O)c2cc3ccccc3cc2OC)cc(Cl)c1OC. The van der Waals surface area contributed by atoms with E-state index in [1.165, 1.54) is 20.4 Å². The van der Waals surface area contributed by atoms with E-state index >= 15 is 0 Å². The summed E-state index contributed by atoms with van der Waals surface area (Å²) in [6.45, 7) is 2.33. The van der Waals surface area contributed by atoms with E-state index in [4.69, 9.17) is 25.8 Å². The van der Waals surface area contributed by atoms with E-state index in [0.717, 1.165) is 10.8 Å². The minimum Gasteiger partial charge on any atom is -0.496 e. The van der Waals surface area contributed by atoms with Gasteiger partial charge in [0, 0.05) is 0 Å². The molecule has 1 amide bonds. The van der Waals surface area contributed by atoms with Crippen LogP contribution in [0.5, 0.6) is 17.2 Å². The third-order valence-corrected chi connectivity index (χ3v) is 4.51. The van der Waals surface area contributed by atoms with Crippen molar-refractivity contribution >= 4 is 34.5 Å². The molecule has 1 N–H and O–H groups in total. The molecular formula is C22H21ClN2O4. The van der Waals surface area contributed by atoms with Crippen LogP contribution in [0.25, 0.3) is 10.8 Å². The van der Waals surface area contributed by atoms with Crippen LogP contribution in [-0.4, -0.2) is 32.9 Å². The highest BCUT2D eigenvalue weighted by atomic mass is 35.5. The second-order valence-electron chi connectivity index (χ2n) is 6.07. The molecule has 6 nitrogen and oxygen atoms in total. The van der Waals surface area contributed by atoms with Gasteiger partial charge in [-0.05, 0) is 47.5 Å². The first-order valence-corrected chi connectivity index (χ1v) is 9.35. The summed E-state index contributed by atoms with van der Waals surface area (Å²) in [6, 6.07) is 14.8. The first kappa shape index (κ1) is 20.5. The molecule has 3 rings (SSSR count). The number of amides is 1. The normalized spacial score (nSPS) is 10.9. The summed E-state index contributed by atoms with van der Waals surface area (Å²) in [5, 5.41) is 6.35. The molecule has 150 valence electrons. The molecule has 0 saturated carbocycles. The smallest absolute Gasteiger partial charge is 0.275 e. The highest BCUT2D eigenvalue weighted by molar-refractivity contribution is 6.32. The highest BCUT2D eigenvalue weighted by Crippen LogP contribution is 2.35. The Hall–Kier alpha value is -3.25. The predicted octanol–water partition coefficient (Wildman–Crippen LogP) is 4.67. The summed E-state index contributed by atoms with van der Waals surface area (Å²) >= 11 is 6.23. The van der Waals surface area contributed by atoms with Crippen LogP contribution >= 0.6 is 11.6 Å². The molecule has 0 aliphatic carbocycles. The molecule has 29 heavy (non-hydrogen) atoms. The van der Waals surface area contributed by atoms with E-state index in [0.29, 0.717) is 40.0 Å². The van der Waals surface area contributed by atoms with Crippen LogP contribution in [-0.2, 0) is 0 Å². The molecule has 0 fully saturated rings. The lowest BCUT2D eigenvalue weighted by Crippen LogP contribution is -2.18. The quantitative estimate of drug-likeness (QED) is 0.452. The van der Waals surface area contributed by atoms with Crippen molar-refractivity contribution in [1.82, 2.24) is 5.43 Å². The summed E-state index contributed by atoms with van der Waals surface area (Å²) in [5.41, 5.74) is 3.57. The minimum atomic E-state index is -0.381. The first-order chi connectivity index (χ1) is 14.1. The number of fused-ring (bicyclic) bond motifs is 1. The van der Waals surface area contributed by atoms with Gasteiger partial charge in [-0.3, -0.25) is 4.79 Å². The van der Waals surface area contributed by atoms with Crippen LogP contribution in [0.15, 0.2) is 53.6 Å². The van der Waals surface area contributed by atoms with Gasteiger partial charge in [-0.15, -0.1) is 0 Å². The van der Waals surface area contributed by atoms with E-state index in [-0.39, 0.29) is 5.91 Å². The molecule has 0 heterocycles. The number of carbonyl (C=O) groups is 1. The Morgan fingerprint density at radius 1 is 1.07 bits per heavy atom. The number of hydrogen-bond donors (Lipinski definition) is 1. The summed E-state index contributed by atoms with van der Waals surface area (Å²) in [6.07, 6.45) is 1.49. The molecule has 7 heteroatoms. The van der Waals surface area contributed by atoms with Crippen LogP contribution < -0.4 is 19.6 Å². The number of benzene rings is 3. The van der Waals surface area contributed by atoms with Crippen molar-refractivity contribution in [2.24, 2.45) is 5.10 Å². The monoisotopic (exact) mass is 412 g/mol. The standard InChI is InChI=1S/C22H21ClN2O4/c1-4-29-20-10-14(9-18(23)21(20)28-3)13-24-25-22(26)17-11-15-7-5-6-8-16(15)12-19(17)27-2/h5-13H,4H2,1-3H3,(H,25,26)/b24-13-. The van der Waals surface area contributed by atoms with Crippen molar-refractivity contribution in [1.29, 1.82) is 0 Å². The molecule has 0 unspecified atom stereocenters. The van der Waals surface area contributed by atoms with Gasteiger partial charge in [0.15, 0.2) is 11.5 Å². The van der Waals surface area contributed by atoms with Crippen LogP contribution in [0, 0.1) is 0 Å². The molecule has 3 aromatic carbocycles. The van der Waals surface area contributed by atoms with Gasteiger partial charge in [0.05, 0.1) is 37.6 Å². The lowest BCUT2D eigenvalue weighted by atomic mass is 10.1. The molecule has 0 radical (unpaired) electrons. The Morgan fingerprint density at radius 3 is 2.45 bits per heavy atom. The Morgan fingerprint density at radius 2 is 1.79 bits per heavy atom. The van der Waals surface area contributed by atoms with Crippen LogP contribution in [0.4, 0.5) is 0 Å². The average molecular weight is 413 g/mol. The van der Waals surface area contributed by atoms with E-state index in [2.05, 4.69) is 10.5 Å². The third kappa shape index (κ3) is 4.60. The number of hydrogen-bond acceptors (Lipinski definition) is 5. The molecular weight excluding hydrogens is 392 g/mol. The fourth-order valence-electron chi connectivity index (χ4n) is 2.91. The Kier molecular flexibility index (Phi) is 6.57. The van der Waals surface area contributed by atoms with Gasteiger partial charge in [0.1, 0.15) is 5.75 Å². The van der Waals surface area contributed by atoms with Crippen molar-refractivity contribution < 1.29 is 19.0 Å². The van der Waals surface area contributed by atoms with Crippen LogP contribution in [0.1, 0.15) is 22.8 Å². The molecule has 0 bridgehead atoms. The van der Waals surface area contributed by atoms with Gasteiger partial charge in [-0.25, -0.2) is 5.43 Å². The minimum absolute atomic E-state index is 0.381. The van der Waals surface area contributed by atoms with E-state index in [9.17, 15) is 4.79 Å². The summed E-state index contributed by atoms with van der Waals surface area (Å²) in [5.74, 6) is 1.05. The number of nitrogens with zero attached hydrogens (tertiary/aromatic N) is 1. The Labute approximate surface area is 174 Å². The molecule has 0 atom stereocenters. The van der Waals surface area contributed by atoms with E-state index in [1.807, 2.05) is 37.3 Å². The maximum absolute atomic E-state index is 12.6. The van der Waals surface area contributed by atoms with Gasteiger partial charge >= 0.3 is 0 Å². The molecule has 0 spiro atoms. The molecule has 0 aliphatic heterocycles. The average Bonchev–Trinajstić information content (AvgIpc) is 2.72. The van der Waals surface area contributed by atoms with Crippen molar-refractivity contribution in [3.05, 3.63) is 64.7 Å². The fourth-order valence-corrected chi connectivity index (χ4v) is 3.21. The topological polar surface area (TPSA) is 69.2 Å². The van der Waals surface area contributed by atoms with Gasteiger partial charge < -0.3 is 14.2 Å². The zero-order chi connectivity index (χ0) is 20.8. The highest BCUT2D eigenvalue weighted by Gasteiger charge is 2.14. The second kappa shape index (κ2) is 9.30. The second-order valence-corrected chi connectivity index (χ2v) is 6.47. The lowest BCUT2D eigenvalue weighted by molar-refractivity contribution is 0.0952. The number of rotatable bonds is 7. The number of carbonyl (C=O) groups excluding carboxylic acids is 1. The first-order valence-electron chi connectivity index (χ1n) is 8.97. The van der Waals surface area contributed by atoms with Crippen LogP contribution in [0.3, 0.4) is 0 Å². The molecule has 0 saturated heterocycles. The third-order valence-electron chi connectivity index (χ3n) is 4.23. The number of hydrazone groups is 1. The largest absolute Gasteiger partial charge is 0.496 e. The number of methoxy groups -OCH3 is 2. The van der Waals surface area contributed by atoms with Crippen molar-refractivity contribution in [3.63, 3.8) is 0 Å². The van der Waals surface area contributed by atoms with Gasteiger partial charge in [-0.1, -0.05) is 35.9 Å².